The van der Waals surface area contributed by atoms with Gasteiger partial charge in [-0.15, -0.1) is 0 Å². The summed E-state index contributed by atoms with van der Waals surface area (Å²) in [6.07, 6.45) is 0. The molecule has 116 valence electrons. The van der Waals surface area contributed by atoms with Crippen molar-refractivity contribution in [3.63, 3.8) is 0 Å². The van der Waals surface area contributed by atoms with E-state index >= 15 is 0 Å². The molecule has 4 rings (SSSR count). The number of hydrogen-bond donors (Lipinski definition) is 0. The number of hydrogen-bond acceptors (Lipinski definition) is 2. The van der Waals surface area contributed by atoms with E-state index in [1.807, 2.05) is 24.3 Å². The highest BCUT2D eigenvalue weighted by Gasteiger charge is 2.06. The van der Waals surface area contributed by atoms with Crippen LogP contribution in [0, 0.1) is 11.6 Å². The van der Waals surface area contributed by atoms with Crippen LogP contribution in [0.3, 0.4) is 0 Å². The van der Waals surface area contributed by atoms with E-state index < -0.39 is 0 Å². The van der Waals surface area contributed by atoms with Crippen molar-refractivity contribution in [3.05, 3.63) is 84.4 Å². The lowest BCUT2D eigenvalue weighted by atomic mass is 10.1. The van der Waals surface area contributed by atoms with Crippen LogP contribution in [0.25, 0.3) is 33.5 Å². The molecule has 0 unspecified atom stereocenters. The van der Waals surface area contributed by atoms with Gasteiger partial charge in [0.15, 0.2) is 5.65 Å². The van der Waals surface area contributed by atoms with Crippen molar-refractivity contribution in [3.8, 4) is 22.5 Å². The first-order valence-corrected chi connectivity index (χ1v) is 7.49. The Balaban J connectivity index is 1.80. The number of halogens is 2. The molecule has 4 aromatic rings. The van der Waals surface area contributed by atoms with Gasteiger partial charge >= 0.3 is 0 Å². The molecule has 4 heteroatoms. The smallest absolute Gasteiger partial charge is 0.160 e. The second-order valence-electron chi connectivity index (χ2n) is 5.45. The zero-order valence-electron chi connectivity index (χ0n) is 12.6. The minimum atomic E-state index is -0.281. The third-order valence-corrected chi connectivity index (χ3v) is 3.83. The maximum Gasteiger partial charge on any atom is 0.160 e. The molecular formula is C20H12F2N2. The summed E-state index contributed by atoms with van der Waals surface area (Å²) >= 11 is 0. The number of aromatic nitrogens is 2. The number of rotatable bonds is 2. The quantitative estimate of drug-likeness (QED) is 0.505. The molecule has 0 saturated heterocycles. The molecule has 2 heterocycles. The molecule has 0 bridgehead atoms. The lowest BCUT2D eigenvalue weighted by Crippen LogP contribution is -1.91. The first-order chi connectivity index (χ1) is 11.7. The van der Waals surface area contributed by atoms with Crippen LogP contribution in [0.4, 0.5) is 8.78 Å². The average molecular weight is 318 g/mol. The van der Waals surface area contributed by atoms with Crippen molar-refractivity contribution in [1.82, 2.24) is 9.97 Å². The Hall–Kier alpha value is -3.14. The normalized spacial score (nSPS) is 10.9. The van der Waals surface area contributed by atoms with E-state index in [4.69, 9.17) is 0 Å². The van der Waals surface area contributed by atoms with Gasteiger partial charge < -0.3 is 0 Å². The Morgan fingerprint density at radius 3 is 1.33 bits per heavy atom. The standard InChI is InChI=1S/C20H12F2N2/c21-16-7-1-13(2-8-16)18-11-5-15-6-12-19(24-20(15)23-18)14-3-9-17(22)10-4-14/h1-12H. The lowest BCUT2D eigenvalue weighted by molar-refractivity contribution is 0.627. The number of nitrogens with zero attached hydrogens (tertiary/aromatic N) is 2. The van der Waals surface area contributed by atoms with Crippen LogP contribution in [-0.2, 0) is 0 Å². The maximum absolute atomic E-state index is 13.1. The summed E-state index contributed by atoms with van der Waals surface area (Å²) in [4.78, 5) is 9.14. The molecule has 2 aromatic heterocycles. The maximum atomic E-state index is 13.1. The molecule has 0 fully saturated rings. The minimum absolute atomic E-state index is 0.281. The summed E-state index contributed by atoms with van der Waals surface area (Å²) in [6, 6.07) is 20.0. The third kappa shape index (κ3) is 2.74. The molecule has 0 aliphatic carbocycles. The highest BCUT2D eigenvalue weighted by Crippen LogP contribution is 2.24. The van der Waals surface area contributed by atoms with Gasteiger partial charge in [0.1, 0.15) is 11.6 Å². The molecule has 0 aliphatic heterocycles. The van der Waals surface area contributed by atoms with Crippen molar-refractivity contribution >= 4 is 11.0 Å². The highest BCUT2D eigenvalue weighted by molar-refractivity contribution is 5.81. The number of benzene rings is 2. The molecule has 0 aliphatic rings. The summed E-state index contributed by atoms with van der Waals surface area (Å²) in [7, 11) is 0. The molecule has 0 atom stereocenters. The average Bonchev–Trinajstić information content (AvgIpc) is 2.62. The van der Waals surface area contributed by atoms with Crippen LogP contribution in [0.5, 0.6) is 0 Å². The Morgan fingerprint density at radius 2 is 0.917 bits per heavy atom. The van der Waals surface area contributed by atoms with E-state index in [2.05, 4.69) is 9.97 Å². The van der Waals surface area contributed by atoms with Gasteiger partial charge in [-0.25, -0.2) is 18.7 Å². The van der Waals surface area contributed by atoms with Crippen LogP contribution in [0.2, 0.25) is 0 Å². The molecule has 0 spiro atoms. The molecule has 0 N–H and O–H groups in total. The largest absolute Gasteiger partial charge is 0.228 e. The van der Waals surface area contributed by atoms with Gasteiger partial charge in [-0.05, 0) is 72.8 Å². The Labute approximate surface area is 137 Å². The summed E-state index contributed by atoms with van der Waals surface area (Å²) in [5.41, 5.74) is 3.70. The fraction of sp³-hybridized carbons (Fsp3) is 0. The number of pyridine rings is 2. The third-order valence-electron chi connectivity index (χ3n) is 3.83. The Kier molecular flexibility index (Phi) is 3.50. The van der Waals surface area contributed by atoms with Gasteiger partial charge in [-0.2, -0.15) is 0 Å². The van der Waals surface area contributed by atoms with E-state index in [9.17, 15) is 8.78 Å². The van der Waals surface area contributed by atoms with Crippen LogP contribution in [-0.4, -0.2) is 9.97 Å². The summed E-state index contributed by atoms with van der Waals surface area (Å²) < 4.78 is 26.1. The van der Waals surface area contributed by atoms with Gasteiger partial charge in [0.25, 0.3) is 0 Å². The monoisotopic (exact) mass is 318 g/mol. The van der Waals surface area contributed by atoms with Crippen molar-refractivity contribution < 1.29 is 8.78 Å². The number of fused-ring (bicyclic) bond motifs is 1. The second kappa shape index (κ2) is 5.81. The van der Waals surface area contributed by atoms with E-state index in [1.165, 1.54) is 24.3 Å². The van der Waals surface area contributed by atoms with Crippen molar-refractivity contribution in [1.29, 1.82) is 0 Å². The first kappa shape index (κ1) is 14.5. The molecule has 2 nitrogen and oxygen atoms in total. The minimum Gasteiger partial charge on any atom is -0.228 e. The van der Waals surface area contributed by atoms with Crippen LogP contribution < -0.4 is 0 Å². The van der Waals surface area contributed by atoms with Gasteiger partial charge in [-0.3, -0.25) is 0 Å². The predicted molar refractivity (Wildman–Crippen MR) is 90.3 cm³/mol. The van der Waals surface area contributed by atoms with E-state index in [-0.39, 0.29) is 11.6 Å². The fourth-order valence-electron chi connectivity index (χ4n) is 2.56. The van der Waals surface area contributed by atoms with Gasteiger partial charge in [0.05, 0.1) is 11.4 Å². The fourth-order valence-corrected chi connectivity index (χ4v) is 2.56. The second-order valence-corrected chi connectivity index (χ2v) is 5.45. The Bertz CT molecular complexity index is 930. The molecule has 2 aromatic carbocycles. The zero-order valence-corrected chi connectivity index (χ0v) is 12.6. The van der Waals surface area contributed by atoms with Gasteiger partial charge in [-0.1, -0.05) is 0 Å². The summed E-state index contributed by atoms with van der Waals surface area (Å²) in [5, 5.41) is 0.909. The molecule has 0 amide bonds. The van der Waals surface area contributed by atoms with Crippen LogP contribution in [0.15, 0.2) is 72.8 Å². The summed E-state index contributed by atoms with van der Waals surface area (Å²) in [5.74, 6) is -0.562. The van der Waals surface area contributed by atoms with Crippen LogP contribution in [0.1, 0.15) is 0 Å². The lowest BCUT2D eigenvalue weighted by Gasteiger charge is -2.05. The topological polar surface area (TPSA) is 25.8 Å². The van der Waals surface area contributed by atoms with E-state index in [1.54, 1.807) is 24.3 Å². The molecular weight excluding hydrogens is 306 g/mol. The molecule has 0 radical (unpaired) electrons. The van der Waals surface area contributed by atoms with E-state index in [0.29, 0.717) is 5.65 Å². The summed E-state index contributed by atoms with van der Waals surface area (Å²) in [6.45, 7) is 0. The SMILES string of the molecule is Fc1ccc(-c2ccc3ccc(-c4ccc(F)cc4)nc3n2)cc1. The molecule has 24 heavy (non-hydrogen) atoms. The van der Waals surface area contributed by atoms with Gasteiger partial charge in [0.2, 0.25) is 0 Å². The Morgan fingerprint density at radius 1 is 0.500 bits per heavy atom. The molecule has 0 saturated carbocycles. The van der Waals surface area contributed by atoms with Gasteiger partial charge in [0, 0.05) is 16.5 Å². The predicted octanol–water partition coefficient (Wildman–Crippen LogP) is 5.24. The van der Waals surface area contributed by atoms with Crippen molar-refractivity contribution in [2.45, 2.75) is 0 Å². The van der Waals surface area contributed by atoms with E-state index in [0.717, 1.165) is 27.9 Å². The van der Waals surface area contributed by atoms with Crippen molar-refractivity contribution in [2.24, 2.45) is 0 Å². The van der Waals surface area contributed by atoms with Crippen LogP contribution >= 0.6 is 0 Å². The first-order valence-electron chi connectivity index (χ1n) is 7.49. The highest BCUT2D eigenvalue weighted by atomic mass is 19.1. The van der Waals surface area contributed by atoms with Crippen molar-refractivity contribution in [2.75, 3.05) is 0 Å². The zero-order chi connectivity index (χ0) is 16.5.